The molecule has 4 aromatic rings. The normalized spacial score (nSPS) is 14.4. The number of benzene rings is 2. The van der Waals surface area contributed by atoms with Crippen molar-refractivity contribution in [3.8, 4) is 17.0 Å². The number of hydrogen-bond donors (Lipinski definition) is 0. The highest BCUT2D eigenvalue weighted by Crippen LogP contribution is 2.33. The van der Waals surface area contributed by atoms with Crippen LogP contribution in [0.4, 0.5) is 18.9 Å². The van der Waals surface area contributed by atoms with E-state index in [1.807, 2.05) is 24.3 Å². The number of para-hydroxylation sites is 2. The van der Waals surface area contributed by atoms with Gasteiger partial charge in [-0.1, -0.05) is 40.2 Å². The Balaban J connectivity index is 1.42. The third-order valence-corrected chi connectivity index (χ3v) is 6.60. The van der Waals surface area contributed by atoms with Gasteiger partial charge in [-0.15, -0.1) is 0 Å². The molecule has 0 atom stereocenters. The Morgan fingerprint density at radius 1 is 1.00 bits per heavy atom. The molecule has 11 heteroatoms. The molecular weight excluding hydrogens is 539 g/mol. The smallest absolute Gasteiger partial charge is 0.433 e. The number of aromatic nitrogens is 3. The minimum atomic E-state index is -4.68. The fourth-order valence-corrected chi connectivity index (χ4v) is 4.52. The van der Waals surface area contributed by atoms with E-state index in [2.05, 4.69) is 30.9 Å². The van der Waals surface area contributed by atoms with Crippen molar-refractivity contribution in [2.75, 3.05) is 38.2 Å². The second-order valence-electron chi connectivity index (χ2n) is 8.28. The Labute approximate surface area is 213 Å². The Bertz CT molecular complexity index is 1410. The van der Waals surface area contributed by atoms with Crippen LogP contribution in [0.5, 0.6) is 5.75 Å². The number of halogens is 4. The van der Waals surface area contributed by atoms with Crippen LogP contribution in [0, 0.1) is 0 Å². The van der Waals surface area contributed by atoms with Gasteiger partial charge in [0.05, 0.1) is 18.5 Å². The Morgan fingerprint density at radius 3 is 2.36 bits per heavy atom. The van der Waals surface area contributed by atoms with Gasteiger partial charge in [0.25, 0.3) is 5.91 Å². The summed E-state index contributed by atoms with van der Waals surface area (Å²) in [7, 11) is 1.60. The summed E-state index contributed by atoms with van der Waals surface area (Å²) in [6.45, 7) is 1.90. The molecule has 1 aliphatic heterocycles. The number of rotatable bonds is 4. The molecule has 5 rings (SSSR count). The quantitative estimate of drug-likeness (QED) is 0.346. The fraction of sp³-hybridized carbons (Fsp3) is 0.240. The van der Waals surface area contributed by atoms with Gasteiger partial charge in [0, 0.05) is 42.3 Å². The third kappa shape index (κ3) is 4.62. The summed E-state index contributed by atoms with van der Waals surface area (Å²) >= 11 is 3.32. The van der Waals surface area contributed by atoms with Crippen LogP contribution in [0.15, 0.2) is 65.1 Å². The van der Waals surface area contributed by atoms with Gasteiger partial charge in [-0.05, 0) is 30.3 Å². The topological polar surface area (TPSA) is 63.0 Å². The second kappa shape index (κ2) is 9.45. The van der Waals surface area contributed by atoms with Gasteiger partial charge in [-0.3, -0.25) is 4.79 Å². The van der Waals surface area contributed by atoms with Gasteiger partial charge >= 0.3 is 6.18 Å². The van der Waals surface area contributed by atoms with Crippen LogP contribution in [0.3, 0.4) is 0 Å². The Hall–Kier alpha value is -3.60. The van der Waals surface area contributed by atoms with Crippen LogP contribution >= 0.6 is 15.9 Å². The summed E-state index contributed by atoms with van der Waals surface area (Å²) in [5.41, 5.74) is 0.481. The first-order valence-corrected chi connectivity index (χ1v) is 11.9. The number of carbonyl (C=O) groups is 1. The monoisotopic (exact) mass is 559 g/mol. The highest BCUT2D eigenvalue weighted by atomic mass is 79.9. The van der Waals surface area contributed by atoms with Crippen molar-refractivity contribution >= 4 is 33.2 Å². The number of nitrogens with zero attached hydrogens (tertiary/aromatic N) is 5. The summed E-state index contributed by atoms with van der Waals surface area (Å²) in [5.74, 6) is 0.309. The molecule has 1 amide bonds. The molecule has 7 nitrogen and oxygen atoms in total. The summed E-state index contributed by atoms with van der Waals surface area (Å²) < 4.78 is 48.6. The van der Waals surface area contributed by atoms with E-state index in [0.29, 0.717) is 36.3 Å². The maximum absolute atomic E-state index is 13.9. The maximum atomic E-state index is 13.9. The minimum Gasteiger partial charge on any atom is -0.495 e. The maximum Gasteiger partial charge on any atom is 0.433 e. The van der Waals surface area contributed by atoms with E-state index in [1.54, 1.807) is 36.3 Å². The molecule has 0 saturated carbocycles. The first kappa shape index (κ1) is 24.1. The number of fused-ring (bicyclic) bond motifs is 1. The van der Waals surface area contributed by atoms with E-state index in [1.165, 1.54) is 6.07 Å². The van der Waals surface area contributed by atoms with Crippen molar-refractivity contribution in [2.24, 2.45) is 0 Å². The molecular formula is C25H21BrF3N5O2. The van der Waals surface area contributed by atoms with E-state index >= 15 is 0 Å². The lowest BCUT2D eigenvalue weighted by Crippen LogP contribution is -2.49. The second-order valence-corrected chi connectivity index (χ2v) is 9.20. The lowest BCUT2D eigenvalue weighted by atomic mass is 10.1. The molecule has 1 fully saturated rings. The molecule has 0 spiro atoms. The molecule has 36 heavy (non-hydrogen) atoms. The molecule has 0 bridgehead atoms. The zero-order valence-electron chi connectivity index (χ0n) is 19.2. The number of anilines is 1. The largest absolute Gasteiger partial charge is 0.495 e. The summed E-state index contributed by atoms with van der Waals surface area (Å²) in [4.78, 5) is 21.2. The molecule has 0 N–H and O–H groups in total. The average Bonchev–Trinajstić information content (AvgIpc) is 3.32. The predicted octanol–water partition coefficient (Wildman–Crippen LogP) is 5.15. The predicted molar refractivity (Wildman–Crippen MR) is 132 cm³/mol. The summed E-state index contributed by atoms with van der Waals surface area (Å²) in [6, 6.07) is 16.7. The molecule has 0 radical (unpaired) electrons. The first-order valence-electron chi connectivity index (χ1n) is 11.2. The van der Waals surface area contributed by atoms with Crippen molar-refractivity contribution in [1.29, 1.82) is 0 Å². The molecule has 2 aromatic carbocycles. The number of alkyl halides is 3. The molecule has 186 valence electrons. The highest BCUT2D eigenvalue weighted by Gasteiger charge is 2.36. The van der Waals surface area contributed by atoms with Crippen LogP contribution < -0.4 is 9.64 Å². The van der Waals surface area contributed by atoms with Gasteiger partial charge in [-0.2, -0.15) is 18.3 Å². The van der Waals surface area contributed by atoms with Crippen LogP contribution in [0.2, 0.25) is 0 Å². The van der Waals surface area contributed by atoms with Crippen molar-refractivity contribution in [2.45, 2.75) is 6.18 Å². The van der Waals surface area contributed by atoms with E-state index < -0.39 is 17.8 Å². The molecule has 1 saturated heterocycles. The number of carbonyl (C=O) groups excluding carboxylic acids is 1. The number of amides is 1. The molecule has 1 aliphatic rings. The Morgan fingerprint density at radius 2 is 1.69 bits per heavy atom. The molecule has 0 aliphatic carbocycles. The van der Waals surface area contributed by atoms with Crippen LogP contribution in [0.25, 0.3) is 16.9 Å². The van der Waals surface area contributed by atoms with Gasteiger partial charge in [-0.25, -0.2) is 9.50 Å². The van der Waals surface area contributed by atoms with Crippen molar-refractivity contribution < 1.29 is 22.7 Å². The average molecular weight is 560 g/mol. The zero-order valence-corrected chi connectivity index (χ0v) is 20.8. The van der Waals surface area contributed by atoms with Crippen molar-refractivity contribution in [1.82, 2.24) is 19.5 Å². The van der Waals surface area contributed by atoms with Crippen molar-refractivity contribution in [3.05, 3.63) is 76.5 Å². The van der Waals surface area contributed by atoms with Crippen LogP contribution in [-0.4, -0.2) is 58.7 Å². The highest BCUT2D eigenvalue weighted by molar-refractivity contribution is 9.10. The molecule has 2 aromatic heterocycles. The van der Waals surface area contributed by atoms with E-state index in [4.69, 9.17) is 4.74 Å². The van der Waals surface area contributed by atoms with Crippen LogP contribution in [-0.2, 0) is 6.18 Å². The van der Waals surface area contributed by atoms with Crippen LogP contribution in [0.1, 0.15) is 16.2 Å². The molecule has 3 heterocycles. The number of hydrogen-bond acceptors (Lipinski definition) is 5. The number of ether oxygens (including phenoxy) is 1. The number of piperazine rings is 1. The molecule has 0 unspecified atom stereocenters. The zero-order chi connectivity index (χ0) is 25.4. The van der Waals surface area contributed by atoms with Gasteiger partial charge in [0.2, 0.25) is 0 Å². The lowest BCUT2D eigenvalue weighted by Gasteiger charge is -2.36. The summed E-state index contributed by atoms with van der Waals surface area (Å²) in [6.07, 6.45) is -4.68. The first-order chi connectivity index (χ1) is 17.2. The van der Waals surface area contributed by atoms with Gasteiger partial charge < -0.3 is 14.5 Å². The summed E-state index contributed by atoms with van der Waals surface area (Å²) in [5, 5.41) is 4.01. The van der Waals surface area contributed by atoms with E-state index in [9.17, 15) is 18.0 Å². The SMILES string of the molecule is COc1ccccc1N1CCN(C(=O)c2cc3nc(-c4ccc(Br)cc4)cc(C(F)(F)F)n3n2)CC1. The van der Waals surface area contributed by atoms with Gasteiger partial charge in [0.1, 0.15) is 5.75 Å². The van der Waals surface area contributed by atoms with Gasteiger partial charge in [0.15, 0.2) is 17.0 Å². The van der Waals surface area contributed by atoms with E-state index in [0.717, 1.165) is 22.0 Å². The van der Waals surface area contributed by atoms with E-state index in [-0.39, 0.29) is 17.0 Å². The van der Waals surface area contributed by atoms with Crippen molar-refractivity contribution in [3.63, 3.8) is 0 Å². The third-order valence-electron chi connectivity index (χ3n) is 6.07. The fourth-order valence-electron chi connectivity index (χ4n) is 4.25. The Kier molecular flexibility index (Phi) is 6.33. The number of methoxy groups -OCH3 is 1. The minimum absolute atomic E-state index is 0.0428. The standard InChI is InChI=1S/C25H21BrF3N5O2/c1-36-21-5-3-2-4-20(21)32-10-12-33(13-11-32)24(35)19-15-23-30-18(16-6-8-17(26)9-7-16)14-22(25(27,28)29)34(23)31-19/h2-9,14-15H,10-13H2,1H3. The lowest BCUT2D eigenvalue weighted by molar-refractivity contribution is -0.142.